The molecular weight excluding hydrogens is 298 g/mol. The second-order valence-electron chi connectivity index (χ2n) is 5.64. The molecule has 7 nitrogen and oxygen atoms in total. The van der Waals surface area contributed by atoms with Gasteiger partial charge in [0, 0.05) is 37.5 Å². The molecule has 0 saturated carbocycles. The van der Waals surface area contributed by atoms with Crippen LogP contribution in [-0.4, -0.2) is 45.2 Å². The quantitative estimate of drug-likeness (QED) is 0.882. The predicted octanol–water partition coefficient (Wildman–Crippen LogP) is 2.33. The third-order valence-electron chi connectivity index (χ3n) is 3.74. The average molecular weight is 319 g/mol. The number of aryl methyl sites for hydroxylation is 2. The van der Waals surface area contributed by atoms with Crippen molar-refractivity contribution in [1.29, 1.82) is 0 Å². The lowest BCUT2D eigenvalue weighted by Gasteiger charge is -2.16. The Morgan fingerprint density at radius 2 is 2.00 bits per heavy atom. The van der Waals surface area contributed by atoms with E-state index < -0.39 is 5.97 Å². The highest BCUT2D eigenvalue weighted by atomic mass is 16.5. The minimum absolute atomic E-state index is 0.0505. The Kier molecular flexibility index (Phi) is 4.88. The molecule has 2 aromatic rings. The minimum atomic E-state index is -0.856. The molecule has 0 saturated heterocycles. The van der Waals surface area contributed by atoms with Crippen molar-refractivity contribution in [2.75, 3.05) is 13.6 Å². The van der Waals surface area contributed by atoms with Gasteiger partial charge in [0.2, 0.25) is 0 Å². The van der Waals surface area contributed by atoms with E-state index in [1.165, 1.54) is 0 Å². The van der Waals surface area contributed by atoms with E-state index in [1.807, 2.05) is 37.5 Å². The van der Waals surface area contributed by atoms with Crippen molar-refractivity contribution in [2.45, 2.75) is 33.6 Å². The van der Waals surface area contributed by atoms with Gasteiger partial charge in [0.15, 0.2) is 5.82 Å². The fraction of sp³-hybridized carbons (Fsp3) is 0.438. The topological polar surface area (TPSA) is 88.6 Å². The molecule has 7 heteroatoms. The van der Waals surface area contributed by atoms with Gasteiger partial charge >= 0.3 is 5.97 Å². The van der Waals surface area contributed by atoms with E-state index in [1.54, 1.807) is 11.9 Å². The maximum absolute atomic E-state index is 12.6. The molecule has 0 atom stereocenters. The molecule has 2 heterocycles. The van der Waals surface area contributed by atoms with Gasteiger partial charge in [-0.05, 0) is 33.3 Å². The second kappa shape index (κ2) is 6.68. The van der Waals surface area contributed by atoms with Gasteiger partial charge in [-0.3, -0.25) is 14.2 Å². The summed E-state index contributed by atoms with van der Waals surface area (Å²) in [6, 6.07) is 3.63. The summed E-state index contributed by atoms with van der Waals surface area (Å²) in [5.41, 5.74) is 2.25. The zero-order valence-electron chi connectivity index (χ0n) is 13.8. The smallest absolute Gasteiger partial charge is 0.303 e. The molecule has 0 fully saturated rings. The van der Waals surface area contributed by atoms with Crippen molar-refractivity contribution in [3.05, 3.63) is 34.8 Å². The number of aromatic nitrogens is 2. The summed E-state index contributed by atoms with van der Waals surface area (Å²) in [6.45, 7) is 5.97. The Balaban J connectivity index is 2.20. The molecule has 0 radical (unpaired) electrons. The maximum atomic E-state index is 12.6. The van der Waals surface area contributed by atoms with Crippen LogP contribution in [0.3, 0.4) is 0 Å². The van der Waals surface area contributed by atoms with Gasteiger partial charge in [0.1, 0.15) is 5.76 Å². The van der Waals surface area contributed by atoms with Crippen LogP contribution in [0.25, 0.3) is 5.82 Å². The third-order valence-corrected chi connectivity index (χ3v) is 3.74. The van der Waals surface area contributed by atoms with Crippen molar-refractivity contribution in [3.8, 4) is 5.82 Å². The number of carboxylic acid groups (broad SMARTS) is 1. The van der Waals surface area contributed by atoms with E-state index in [9.17, 15) is 9.59 Å². The fourth-order valence-electron chi connectivity index (χ4n) is 2.57. The summed E-state index contributed by atoms with van der Waals surface area (Å²) < 4.78 is 6.97. The van der Waals surface area contributed by atoms with Crippen molar-refractivity contribution in [3.63, 3.8) is 0 Å². The van der Waals surface area contributed by atoms with Crippen LogP contribution in [-0.2, 0) is 4.79 Å². The maximum Gasteiger partial charge on any atom is 0.303 e. The van der Waals surface area contributed by atoms with Crippen LogP contribution in [0.1, 0.15) is 40.3 Å². The molecule has 1 amide bonds. The minimum Gasteiger partial charge on any atom is -0.481 e. The first-order valence-corrected chi connectivity index (χ1v) is 7.41. The van der Waals surface area contributed by atoms with Gasteiger partial charge in [-0.25, -0.2) is 0 Å². The van der Waals surface area contributed by atoms with E-state index in [0.717, 1.165) is 11.4 Å². The molecule has 0 spiro atoms. The van der Waals surface area contributed by atoms with E-state index in [0.29, 0.717) is 30.1 Å². The number of hydrogen-bond donors (Lipinski definition) is 1. The number of amides is 1. The Morgan fingerprint density at radius 3 is 2.57 bits per heavy atom. The molecule has 2 aromatic heterocycles. The summed E-state index contributed by atoms with van der Waals surface area (Å²) in [4.78, 5) is 24.7. The van der Waals surface area contributed by atoms with Crippen LogP contribution in [0.2, 0.25) is 0 Å². The van der Waals surface area contributed by atoms with Gasteiger partial charge in [0.05, 0.1) is 5.56 Å². The number of aliphatic carboxylic acids is 1. The van der Waals surface area contributed by atoms with Crippen LogP contribution in [0.5, 0.6) is 0 Å². The Labute approximate surface area is 134 Å². The van der Waals surface area contributed by atoms with Gasteiger partial charge in [-0.1, -0.05) is 5.16 Å². The Bertz CT molecular complexity index is 730. The van der Waals surface area contributed by atoms with Gasteiger partial charge < -0.3 is 14.5 Å². The second-order valence-corrected chi connectivity index (χ2v) is 5.64. The molecule has 0 aliphatic carbocycles. The summed E-state index contributed by atoms with van der Waals surface area (Å²) in [5.74, 6) is 0.358. The average Bonchev–Trinajstić information content (AvgIpc) is 3.01. The van der Waals surface area contributed by atoms with E-state index >= 15 is 0 Å². The van der Waals surface area contributed by atoms with Gasteiger partial charge in [-0.2, -0.15) is 0 Å². The van der Waals surface area contributed by atoms with Crippen molar-refractivity contribution in [1.82, 2.24) is 14.6 Å². The number of carbonyl (C=O) groups excluding carboxylic acids is 1. The Hall–Kier alpha value is -2.57. The number of rotatable bonds is 6. The molecule has 0 bridgehead atoms. The lowest BCUT2D eigenvalue weighted by Crippen LogP contribution is -2.28. The van der Waals surface area contributed by atoms with E-state index in [4.69, 9.17) is 9.63 Å². The molecule has 0 unspecified atom stereocenters. The summed E-state index contributed by atoms with van der Waals surface area (Å²) in [7, 11) is 1.68. The fourth-order valence-corrected chi connectivity index (χ4v) is 2.57. The number of carbonyl (C=O) groups is 2. The molecule has 0 aromatic carbocycles. The standard InChI is InChI=1S/C16H21N3O4/c1-10-8-13(16(22)18(4)7-5-6-15(20)21)12(3)19(10)14-9-11(2)23-17-14/h8-9H,5-7H2,1-4H3,(H,20,21). The van der Waals surface area contributed by atoms with Crippen LogP contribution in [0.4, 0.5) is 0 Å². The molecular formula is C16H21N3O4. The Morgan fingerprint density at radius 1 is 1.30 bits per heavy atom. The van der Waals surface area contributed by atoms with E-state index in [2.05, 4.69) is 5.16 Å². The monoisotopic (exact) mass is 319 g/mol. The highest BCUT2D eigenvalue weighted by Gasteiger charge is 2.20. The SMILES string of the molecule is Cc1cc(-n2c(C)cc(C(=O)N(C)CCCC(=O)O)c2C)no1. The van der Waals surface area contributed by atoms with E-state index in [-0.39, 0.29) is 12.3 Å². The van der Waals surface area contributed by atoms with Crippen LogP contribution in [0, 0.1) is 20.8 Å². The van der Waals surface area contributed by atoms with Crippen LogP contribution < -0.4 is 0 Å². The molecule has 124 valence electrons. The highest BCUT2D eigenvalue weighted by molar-refractivity contribution is 5.95. The van der Waals surface area contributed by atoms with Crippen molar-refractivity contribution in [2.24, 2.45) is 0 Å². The molecule has 23 heavy (non-hydrogen) atoms. The normalized spacial score (nSPS) is 10.8. The number of carboxylic acids is 1. The first kappa shape index (κ1) is 16.8. The molecule has 0 aliphatic heterocycles. The van der Waals surface area contributed by atoms with Crippen LogP contribution in [0.15, 0.2) is 16.7 Å². The van der Waals surface area contributed by atoms with Gasteiger partial charge in [-0.15, -0.1) is 0 Å². The van der Waals surface area contributed by atoms with Gasteiger partial charge in [0.25, 0.3) is 5.91 Å². The molecule has 1 N–H and O–H groups in total. The highest BCUT2D eigenvalue weighted by Crippen LogP contribution is 2.21. The van der Waals surface area contributed by atoms with Crippen molar-refractivity contribution >= 4 is 11.9 Å². The summed E-state index contributed by atoms with van der Waals surface area (Å²) in [5, 5.41) is 12.7. The predicted molar refractivity (Wildman–Crippen MR) is 83.9 cm³/mol. The molecule has 0 aliphatic rings. The number of nitrogens with zero attached hydrogens (tertiary/aromatic N) is 3. The van der Waals surface area contributed by atoms with Crippen LogP contribution >= 0.6 is 0 Å². The largest absolute Gasteiger partial charge is 0.481 e. The summed E-state index contributed by atoms with van der Waals surface area (Å²) in [6.07, 6.45) is 0.480. The zero-order chi connectivity index (χ0) is 17.1. The van der Waals surface area contributed by atoms with Crippen molar-refractivity contribution < 1.29 is 19.2 Å². The summed E-state index contributed by atoms with van der Waals surface area (Å²) >= 11 is 0. The number of hydrogen-bond acceptors (Lipinski definition) is 4. The first-order valence-electron chi connectivity index (χ1n) is 7.41. The zero-order valence-corrected chi connectivity index (χ0v) is 13.8. The third kappa shape index (κ3) is 3.61. The molecule has 2 rings (SSSR count). The lowest BCUT2D eigenvalue weighted by molar-refractivity contribution is -0.137. The lowest BCUT2D eigenvalue weighted by atomic mass is 10.2. The first-order chi connectivity index (χ1) is 10.8.